The Bertz CT molecular complexity index is 588. The van der Waals surface area contributed by atoms with Crippen molar-refractivity contribution in [3.63, 3.8) is 0 Å². The normalized spacial score (nSPS) is 9.86. The summed E-state index contributed by atoms with van der Waals surface area (Å²) in [5.74, 6) is -1.31. The first-order valence-corrected chi connectivity index (χ1v) is 6.38. The molecule has 0 bridgehead atoms. The Morgan fingerprint density at radius 2 is 1.86 bits per heavy atom. The van der Waals surface area contributed by atoms with Crippen LogP contribution in [0.25, 0.3) is 0 Å². The molecule has 1 aromatic carbocycles. The van der Waals surface area contributed by atoms with Crippen LogP contribution in [0.15, 0.2) is 24.3 Å². The third kappa shape index (κ3) is 4.80. The first kappa shape index (κ1) is 16.5. The predicted molar refractivity (Wildman–Crippen MR) is 79.3 cm³/mol. The number of nitrogens with zero attached hydrogens (tertiary/aromatic N) is 1. The number of hydrogen-bond acceptors (Lipinski definition) is 5. The number of benzene rings is 1. The molecule has 0 aromatic heterocycles. The van der Waals surface area contributed by atoms with Gasteiger partial charge in [0.15, 0.2) is 5.11 Å². The highest BCUT2D eigenvalue weighted by Gasteiger charge is 2.19. The highest BCUT2D eigenvalue weighted by molar-refractivity contribution is 7.80. The molecule has 3 N–H and O–H groups in total. The standard InChI is InChI=1S/C12H14N4O4S/c1-7(2)10(17)13-12(21)15-14-11(18)8-5-3-4-6-9(8)16(19)20/h3-7H,1-2H3,(H,14,18)(H2,13,15,17,21). The summed E-state index contributed by atoms with van der Waals surface area (Å²) in [5.41, 5.74) is 4.06. The van der Waals surface area contributed by atoms with Crippen molar-refractivity contribution in [3.05, 3.63) is 39.9 Å². The molecule has 0 saturated heterocycles. The van der Waals surface area contributed by atoms with E-state index in [2.05, 4.69) is 16.2 Å². The molecule has 0 aliphatic rings. The molecule has 0 unspecified atom stereocenters. The molecule has 0 fully saturated rings. The molecule has 0 saturated carbocycles. The van der Waals surface area contributed by atoms with E-state index in [1.807, 2.05) is 0 Å². The lowest BCUT2D eigenvalue weighted by molar-refractivity contribution is -0.385. The molecule has 0 aliphatic carbocycles. The average molecular weight is 310 g/mol. The number of rotatable bonds is 3. The monoisotopic (exact) mass is 310 g/mol. The Labute approximate surface area is 126 Å². The Morgan fingerprint density at radius 1 is 1.24 bits per heavy atom. The Hall–Kier alpha value is -2.55. The summed E-state index contributed by atoms with van der Waals surface area (Å²) in [4.78, 5) is 33.4. The quantitative estimate of drug-likeness (QED) is 0.434. The van der Waals surface area contributed by atoms with E-state index in [0.717, 1.165) is 0 Å². The smallest absolute Gasteiger partial charge is 0.282 e. The second-order valence-corrected chi connectivity index (χ2v) is 4.73. The minimum atomic E-state index is -0.733. The number of para-hydroxylation sites is 1. The van der Waals surface area contributed by atoms with Crippen LogP contribution in [0, 0.1) is 16.0 Å². The summed E-state index contributed by atoms with van der Waals surface area (Å²) in [6.07, 6.45) is 0. The third-order valence-corrected chi connectivity index (χ3v) is 2.60. The van der Waals surface area contributed by atoms with E-state index in [0.29, 0.717) is 0 Å². The maximum atomic E-state index is 11.8. The average Bonchev–Trinajstić information content (AvgIpc) is 2.44. The van der Waals surface area contributed by atoms with Gasteiger partial charge in [0, 0.05) is 12.0 Å². The van der Waals surface area contributed by atoms with Crippen molar-refractivity contribution in [1.82, 2.24) is 16.2 Å². The molecule has 0 radical (unpaired) electrons. The highest BCUT2D eigenvalue weighted by atomic mass is 32.1. The number of thiocarbonyl (C=S) groups is 1. The van der Waals surface area contributed by atoms with E-state index in [1.165, 1.54) is 24.3 Å². The number of hydrogen-bond donors (Lipinski definition) is 3. The van der Waals surface area contributed by atoms with Crippen molar-refractivity contribution >= 4 is 34.8 Å². The summed E-state index contributed by atoms with van der Waals surface area (Å²) in [6.45, 7) is 3.37. The Morgan fingerprint density at radius 3 is 2.43 bits per heavy atom. The maximum Gasteiger partial charge on any atom is 0.282 e. The van der Waals surface area contributed by atoms with E-state index in [-0.39, 0.29) is 28.2 Å². The predicted octanol–water partition coefficient (Wildman–Crippen LogP) is 0.886. The molecule has 0 aliphatic heterocycles. The zero-order valence-electron chi connectivity index (χ0n) is 11.4. The van der Waals surface area contributed by atoms with Crippen LogP contribution < -0.4 is 16.2 Å². The molecule has 9 heteroatoms. The van der Waals surface area contributed by atoms with E-state index in [4.69, 9.17) is 12.2 Å². The Kier molecular flexibility index (Phi) is 5.73. The molecule has 112 valence electrons. The van der Waals surface area contributed by atoms with E-state index >= 15 is 0 Å². The van der Waals surface area contributed by atoms with Gasteiger partial charge in [-0.2, -0.15) is 0 Å². The number of amides is 2. The zero-order chi connectivity index (χ0) is 16.0. The summed E-state index contributed by atoms with van der Waals surface area (Å²) in [6, 6.07) is 5.48. The first-order chi connectivity index (χ1) is 9.82. The van der Waals surface area contributed by atoms with Gasteiger partial charge in [0.25, 0.3) is 11.6 Å². The van der Waals surface area contributed by atoms with Crippen LogP contribution >= 0.6 is 12.2 Å². The number of carbonyl (C=O) groups excluding carboxylic acids is 2. The molecule has 2 amide bonds. The lowest BCUT2D eigenvalue weighted by Gasteiger charge is -2.12. The van der Waals surface area contributed by atoms with E-state index in [9.17, 15) is 19.7 Å². The zero-order valence-corrected chi connectivity index (χ0v) is 12.2. The molecular formula is C12H14N4O4S. The number of carbonyl (C=O) groups is 2. The highest BCUT2D eigenvalue weighted by Crippen LogP contribution is 2.16. The van der Waals surface area contributed by atoms with Crippen LogP contribution in [0.2, 0.25) is 0 Å². The maximum absolute atomic E-state index is 11.8. The van der Waals surface area contributed by atoms with Crippen molar-refractivity contribution in [3.8, 4) is 0 Å². The number of hydrazine groups is 1. The van der Waals surface area contributed by atoms with Crippen LogP contribution in [0.5, 0.6) is 0 Å². The van der Waals surface area contributed by atoms with Gasteiger partial charge in [-0.1, -0.05) is 26.0 Å². The minimum absolute atomic E-state index is 0.0966. The topological polar surface area (TPSA) is 113 Å². The van der Waals surface area contributed by atoms with E-state index in [1.54, 1.807) is 13.8 Å². The van der Waals surface area contributed by atoms with Gasteiger partial charge in [-0.05, 0) is 18.3 Å². The first-order valence-electron chi connectivity index (χ1n) is 5.97. The second-order valence-electron chi connectivity index (χ2n) is 4.33. The van der Waals surface area contributed by atoms with Crippen molar-refractivity contribution in [1.29, 1.82) is 0 Å². The lowest BCUT2D eigenvalue weighted by atomic mass is 10.2. The van der Waals surface area contributed by atoms with Gasteiger partial charge >= 0.3 is 0 Å². The molecule has 1 rings (SSSR count). The summed E-state index contributed by atoms with van der Waals surface area (Å²) in [7, 11) is 0. The van der Waals surface area contributed by atoms with Gasteiger partial charge in [-0.25, -0.2) is 0 Å². The molecular weight excluding hydrogens is 296 g/mol. The van der Waals surface area contributed by atoms with Gasteiger partial charge in [-0.3, -0.25) is 30.6 Å². The van der Waals surface area contributed by atoms with Gasteiger partial charge in [-0.15, -0.1) is 0 Å². The van der Waals surface area contributed by atoms with Crippen LogP contribution in [0.4, 0.5) is 5.69 Å². The molecule has 21 heavy (non-hydrogen) atoms. The Balaban J connectivity index is 2.65. The molecule has 0 spiro atoms. The fourth-order valence-electron chi connectivity index (χ4n) is 1.29. The van der Waals surface area contributed by atoms with Crippen LogP contribution in [-0.2, 0) is 4.79 Å². The van der Waals surface area contributed by atoms with Gasteiger partial charge < -0.3 is 5.32 Å². The van der Waals surface area contributed by atoms with Crippen LogP contribution in [0.3, 0.4) is 0 Å². The van der Waals surface area contributed by atoms with Gasteiger partial charge in [0.05, 0.1) is 4.92 Å². The van der Waals surface area contributed by atoms with Crippen molar-refractivity contribution in [2.24, 2.45) is 5.92 Å². The lowest BCUT2D eigenvalue weighted by Crippen LogP contribution is -2.49. The molecule has 8 nitrogen and oxygen atoms in total. The van der Waals surface area contributed by atoms with Crippen LogP contribution in [0.1, 0.15) is 24.2 Å². The van der Waals surface area contributed by atoms with Crippen molar-refractivity contribution < 1.29 is 14.5 Å². The fraction of sp³-hybridized carbons (Fsp3) is 0.250. The largest absolute Gasteiger partial charge is 0.302 e. The summed E-state index contributed by atoms with van der Waals surface area (Å²) < 4.78 is 0. The van der Waals surface area contributed by atoms with Gasteiger partial charge in [0.2, 0.25) is 5.91 Å². The second kappa shape index (κ2) is 7.29. The minimum Gasteiger partial charge on any atom is -0.302 e. The van der Waals surface area contributed by atoms with Crippen LogP contribution in [-0.4, -0.2) is 21.9 Å². The molecule has 0 atom stereocenters. The third-order valence-electron chi connectivity index (χ3n) is 2.40. The number of nitrogens with one attached hydrogen (secondary N) is 3. The summed E-state index contributed by atoms with van der Waals surface area (Å²) in [5, 5.41) is 13.1. The van der Waals surface area contributed by atoms with Crippen molar-refractivity contribution in [2.45, 2.75) is 13.8 Å². The number of nitro benzene ring substituents is 1. The van der Waals surface area contributed by atoms with Crippen molar-refractivity contribution in [2.75, 3.05) is 0 Å². The van der Waals surface area contributed by atoms with Gasteiger partial charge in [0.1, 0.15) is 5.56 Å². The molecule has 1 aromatic rings. The summed E-state index contributed by atoms with van der Waals surface area (Å²) >= 11 is 4.81. The SMILES string of the molecule is CC(C)C(=O)NC(=S)NNC(=O)c1ccccc1[N+](=O)[O-]. The van der Waals surface area contributed by atoms with E-state index < -0.39 is 10.8 Å². The fourth-order valence-corrected chi connectivity index (χ4v) is 1.44. The number of nitro groups is 1. The molecule has 0 heterocycles.